The summed E-state index contributed by atoms with van der Waals surface area (Å²) in [7, 11) is 0. The third-order valence-corrected chi connectivity index (χ3v) is 0.970. The van der Waals surface area contributed by atoms with Gasteiger partial charge in [-0.2, -0.15) is 0 Å². The van der Waals surface area contributed by atoms with Crippen molar-refractivity contribution in [1.29, 1.82) is 0 Å². The molecule has 12 heavy (non-hydrogen) atoms. The molecule has 2 unspecified atom stereocenters. The first kappa shape index (κ1) is 15.1. The van der Waals surface area contributed by atoms with Crippen LogP contribution in [0.5, 0.6) is 0 Å². The Balaban J connectivity index is 0. The van der Waals surface area contributed by atoms with Crippen LogP contribution in [0.2, 0.25) is 0 Å². The van der Waals surface area contributed by atoms with Gasteiger partial charge in [0, 0.05) is 0 Å². The SMILES string of the molecule is CC(O)C(=O)OCC(O)CO.[CaH2]. The summed E-state index contributed by atoms with van der Waals surface area (Å²) >= 11 is 0. The molecule has 70 valence electrons. The molecular formula is C6H14CaO5. The topological polar surface area (TPSA) is 87.0 Å². The molecule has 0 bridgehead atoms. The molecule has 0 radical (unpaired) electrons. The second-order valence-electron chi connectivity index (χ2n) is 2.14. The van der Waals surface area contributed by atoms with E-state index < -0.39 is 24.8 Å². The number of carbonyl (C=O) groups excluding carboxylic acids is 1. The van der Waals surface area contributed by atoms with Crippen LogP contribution < -0.4 is 0 Å². The number of aliphatic hydroxyl groups is 3. The zero-order valence-electron chi connectivity index (χ0n) is 6.23. The Morgan fingerprint density at radius 1 is 1.50 bits per heavy atom. The summed E-state index contributed by atoms with van der Waals surface area (Å²) in [5, 5.41) is 25.6. The molecule has 3 N–H and O–H groups in total. The van der Waals surface area contributed by atoms with Crippen LogP contribution in [-0.4, -0.2) is 84.4 Å². The summed E-state index contributed by atoms with van der Waals surface area (Å²) in [6, 6.07) is 0. The van der Waals surface area contributed by atoms with Crippen LogP contribution in [-0.2, 0) is 9.53 Å². The summed E-state index contributed by atoms with van der Waals surface area (Å²) < 4.78 is 4.36. The first-order chi connectivity index (χ1) is 5.07. The number of aliphatic hydroxyl groups excluding tert-OH is 3. The summed E-state index contributed by atoms with van der Waals surface area (Å²) in [6.07, 6.45) is -2.27. The first-order valence-electron chi connectivity index (χ1n) is 3.21. The number of carbonyl (C=O) groups is 1. The summed E-state index contributed by atoms with van der Waals surface area (Å²) in [5.74, 6) is -0.808. The van der Waals surface area contributed by atoms with Gasteiger partial charge in [-0.05, 0) is 6.92 Å². The molecule has 0 saturated heterocycles. The maximum absolute atomic E-state index is 10.5. The molecule has 0 aromatic heterocycles. The van der Waals surface area contributed by atoms with Crippen molar-refractivity contribution >= 4 is 43.7 Å². The fourth-order valence-corrected chi connectivity index (χ4v) is 0.352. The zero-order chi connectivity index (χ0) is 8.85. The second kappa shape index (κ2) is 8.22. The van der Waals surface area contributed by atoms with E-state index in [-0.39, 0.29) is 44.3 Å². The molecule has 0 aromatic rings. The van der Waals surface area contributed by atoms with Crippen molar-refractivity contribution in [2.75, 3.05) is 13.2 Å². The van der Waals surface area contributed by atoms with E-state index in [2.05, 4.69) is 4.74 Å². The third-order valence-electron chi connectivity index (χ3n) is 0.970. The van der Waals surface area contributed by atoms with Gasteiger partial charge in [-0.1, -0.05) is 0 Å². The number of hydrogen-bond donors (Lipinski definition) is 3. The summed E-state index contributed by atoms with van der Waals surface area (Å²) in [4.78, 5) is 10.5. The maximum atomic E-state index is 10.5. The minimum absolute atomic E-state index is 0. The predicted octanol–water partition coefficient (Wildman–Crippen LogP) is -2.65. The third kappa shape index (κ3) is 7.27. The van der Waals surface area contributed by atoms with E-state index in [4.69, 9.17) is 15.3 Å². The van der Waals surface area contributed by atoms with Gasteiger partial charge in [-0.3, -0.25) is 0 Å². The Morgan fingerprint density at radius 2 is 2.00 bits per heavy atom. The fourth-order valence-electron chi connectivity index (χ4n) is 0.352. The molecule has 0 saturated carbocycles. The molecule has 0 aliphatic heterocycles. The van der Waals surface area contributed by atoms with Crippen LogP contribution in [0, 0.1) is 0 Å². The van der Waals surface area contributed by atoms with Gasteiger partial charge in [0.1, 0.15) is 18.8 Å². The Bertz CT molecular complexity index is 127. The van der Waals surface area contributed by atoms with Crippen molar-refractivity contribution in [3.63, 3.8) is 0 Å². The van der Waals surface area contributed by atoms with Crippen molar-refractivity contribution in [3.8, 4) is 0 Å². The first-order valence-corrected chi connectivity index (χ1v) is 3.21. The standard InChI is InChI=1S/C6H12O5.Ca.2H/c1-4(8)6(10)11-3-5(9)2-7;;;/h4-5,7-9H,2-3H2,1H3;;;. The molecule has 0 aromatic carbocycles. The van der Waals surface area contributed by atoms with Gasteiger partial charge in [0.15, 0.2) is 0 Å². The van der Waals surface area contributed by atoms with E-state index in [1.54, 1.807) is 0 Å². The molecule has 0 rings (SSSR count). The van der Waals surface area contributed by atoms with E-state index in [1.165, 1.54) is 6.92 Å². The van der Waals surface area contributed by atoms with Crippen molar-refractivity contribution in [3.05, 3.63) is 0 Å². The fraction of sp³-hybridized carbons (Fsp3) is 0.833. The Kier molecular flexibility index (Phi) is 10.3. The van der Waals surface area contributed by atoms with Gasteiger partial charge in [0.05, 0.1) is 6.61 Å². The van der Waals surface area contributed by atoms with Gasteiger partial charge in [0.2, 0.25) is 0 Å². The number of esters is 1. The van der Waals surface area contributed by atoms with Gasteiger partial charge in [-0.15, -0.1) is 0 Å². The van der Waals surface area contributed by atoms with Gasteiger partial charge < -0.3 is 20.1 Å². The van der Waals surface area contributed by atoms with Gasteiger partial charge in [0.25, 0.3) is 0 Å². The van der Waals surface area contributed by atoms with Crippen LogP contribution in [0.1, 0.15) is 6.92 Å². The van der Waals surface area contributed by atoms with Gasteiger partial charge in [-0.25, -0.2) is 4.79 Å². The quantitative estimate of drug-likeness (QED) is 0.345. The van der Waals surface area contributed by atoms with Crippen molar-refractivity contribution < 1.29 is 24.9 Å². The summed E-state index contributed by atoms with van der Waals surface area (Å²) in [6.45, 7) is 0.501. The average Bonchev–Trinajstić information content (AvgIpc) is 1.99. The predicted molar refractivity (Wildman–Crippen MR) is 44.3 cm³/mol. The van der Waals surface area contributed by atoms with Crippen LogP contribution in [0.3, 0.4) is 0 Å². The second-order valence-corrected chi connectivity index (χ2v) is 2.14. The Morgan fingerprint density at radius 3 is 2.33 bits per heavy atom. The van der Waals surface area contributed by atoms with Crippen molar-refractivity contribution in [2.45, 2.75) is 19.1 Å². The number of hydrogen-bond acceptors (Lipinski definition) is 5. The van der Waals surface area contributed by atoms with E-state index in [0.29, 0.717) is 0 Å². The zero-order valence-corrected chi connectivity index (χ0v) is 6.23. The molecule has 0 spiro atoms. The van der Waals surface area contributed by atoms with Crippen molar-refractivity contribution in [1.82, 2.24) is 0 Å². The van der Waals surface area contributed by atoms with E-state index in [9.17, 15) is 4.79 Å². The van der Waals surface area contributed by atoms with Crippen LogP contribution in [0.4, 0.5) is 0 Å². The number of ether oxygens (including phenoxy) is 1. The number of rotatable bonds is 4. The molecule has 0 amide bonds. The van der Waals surface area contributed by atoms with Crippen LogP contribution >= 0.6 is 0 Å². The van der Waals surface area contributed by atoms with Gasteiger partial charge >= 0.3 is 43.7 Å². The monoisotopic (exact) mass is 206 g/mol. The molecule has 0 aliphatic carbocycles. The van der Waals surface area contributed by atoms with E-state index in [0.717, 1.165) is 0 Å². The average molecular weight is 206 g/mol. The molecule has 0 aliphatic rings. The molecule has 0 fully saturated rings. The normalized spacial score (nSPS) is 14.3. The van der Waals surface area contributed by atoms with Crippen LogP contribution in [0.15, 0.2) is 0 Å². The Labute approximate surface area is 100 Å². The summed E-state index contributed by atoms with van der Waals surface area (Å²) in [5.41, 5.74) is 0. The molecule has 5 nitrogen and oxygen atoms in total. The molecule has 0 heterocycles. The molecule has 6 heteroatoms. The Hall–Kier alpha value is 0.610. The molecular weight excluding hydrogens is 192 g/mol. The minimum atomic E-state index is -1.19. The van der Waals surface area contributed by atoms with Crippen molar-refractivity contribution in [2.24, 2.45) is 0 Å². The van der Waals surface area contributed by atoms with Crippen LogP contribution in [0.25, 0.3) is 0 Å². The van der Waals surface area contributed by atoms with E-state index in [1.807, 2.05) is 0 Å². The van der Waals surface area contributed by atoms with E-state index >= 15 is 0 Å². The molecule has 2 atom stereocenters.